The molecular formula is C18H22N8O. The number of aromatic nitrogens is 6. The van der Waals surface area contributed by atoms with E-state index in [9.17, 15) is 4.79 Å². The van der Waals surface area contributed by atoms with E-state index >= 15 is 0 Å². The standard InChI is InChI=1S/C18H22N8O/c1-15-13-20-17(14-19-15)24-10-7-23(8-11-24)9-12-26-18(27)4-3-16(22-26)25-6-2-5-21-25/h2-6,13-14H,7-12H2,1H3. The maximum absolute atomic E-state index is 12.1. The van der Waals surface area contributed by atoms with Crippen molar-refractivity contribution in [2.24, 2.45) is 0 Å². The van der Waals surface area contributed by atoms with Gasteiger partial charge in [0.15, 0.2) is 5.82 Å². The van der Waals surface area contributed by atoms with Crippen LogP contribution >= 0.6 is 0 Å². The molecule has 1 aliphatic rings. The van der Waals surface area contributed by atoms with Crippen LogP contribution in [-0.2, 0) is 6.54 Å². The number of rotatable bonds is 5. The average molecular weight is 366 g/mol. The monoisotopic (exact) mass is 366 g/mol. The van der Waals surface area contributed by atoms with E-state index in [0.29, 0.717) is 12.4 Å². The van der Waals surface area contributed by atoms with E-state index in [1.807, 2.05) is 25.4 Å². The highest BCUT2D eigenvalue weighted by Crippen LogP contribution is 2.12. The van der Waals surface area contributed by atoms with Crippen molar-refractivity contribution in [3.8, 4) is 5.82 Å². The van der Waals surface area contributed by atoms with Crippen LogP contribution < -0.4 is 10.5 Å². The summed E-state index contributed by atoms with van der Waals surface area (Å²) in [5.41, 5.74) is 0.826. The molecule has 0 N–H and O–H groups in total. The number of hydrogen-bond donors (Lipinski definition) is 0. The van der Waals surface area contributed by atoms with Crippen molar-refractivity contribution in [3.63, 3.8) is 0 Å². The maximum atomic E-state index is 12.1. The number of aryl methyl sites for hydroxylation is 1. The topological polar surface area (TPSA) is 85.0 Å². The van der Waals surface area contributed by atoms with Crippen LogP contribution in [0, 0.1) is 6.92 Å². The number of piperazine rings is 1. The number of hydrogen-bond acceptors (Lipinski definition) is 7. The average Bonchev–Trinajstić information content (AvgIpc) is 3.23. The Morgan fingerprint density at radius 1 is 1.00 bits per heavy atom. The van der Waals surface area contributed by atoms with Crippen LogP contribution in [0.15, 0.2) is 47.8 Å². The van der Waals surface area contributed by atoms with Crippen molar-refractivity contribution in [2.75, 3.05) is 37.6 Å². The molecule has 1 saturated heterocycles. The van der Waals surface area contributed by atoms with Crippen molar-refractivity contribution in [3.05, 3.63) is 59.0 Å². The van der Waals surface area contributed by atoms with Crippen LogP contribution in [0.1, 0.15) is 5.69 Å². The normalized spacial score (nSPS) is 15.2. The Balaban J connectivity index is 1.34. The predicted molar refractivity (Wildman–Crippen MR) is 101 cm³/mol. The van der Waals surface area contributed by atoms with E-state index in [-0.39, 0.29) is 5.56 Å². The van der Waals surface area contributed by atoms with Gasteiger partial charge < -0.3 is 4.90 Å². The minimum atomic E-state index is -0.0977. The Morgan fingerprint density at radius 3 is 2.56 bits per heavy atom. The fraction of sp³-hybridized carbons (Fsp3) is 0.389. The summed E-state index contributed by atoms with van der Waals surface area (Å²) in [6.45, 7) is 6.90. The van der Waals surface area contributed by atoms with Gasteiger partial charge >= 0.3 is 0 Å². The molecule has 0 aromatic carbocycles. The summed E-state index contributed by atoms with van der Waals surface area (Å²) < 4.78 is 3.16. The van der Waals surface area contributed by atoms with Crippen LogP contribution in [0.3, 0.4) is 0 Å². The van der Waals surface area contributed by atoms with E-state index in [1.54, 1.807) is 23.1 Å². The molecule has 4 heterocycles. The van der Waals surface area contributed by atoms with Crippen molar-refractivity contribution in [2.45, 2.75) is 13.5 Å². The highest BCUT2D eigenvalue weighted by atomic mass is 16.1. The first-order valence-electron chi connectivity index (χ1n) is 9.03. The van der Waals surface area contributed by atoms with Gasteiger partial charge in [0.25, 0.3) is 5.56 Å². The minimum absolute atomic E-state index is 0.0977. The quantitative estimate of drug-likeness (QED) is 0.644. The molecule has 1 fully saturated rings. The maximum Gasteiger partial charge on any atom is 0.266 e. The van der Waals surface area contributed by atoms with Crippen molar-refractivity contribution >= 4 is 5.82 Å². The molecule has 140 valence electrons. The first-order chi connectivity index (χ1) is 13.2. The molecule has 0 radical (unpaired) electrons. The summed E-state index contributed by atoms with van der Waals surface area (Å²) in [4.78, 5) is 25.5. The molecule has 0 atom stereocenters. The third kappa shape index (κ3) is 4.03. The molecule has 1 aliphatic heterocycles. The fourth-order valence-electron chi connectivity index (χ4n) is 3.11. The molecule has 3 aromatic rings. The second-order valence-electron chi connectivity index (χ2n) is 6.55. The summed E-state index contributed by atoms with van der Waals surface area (Å²) in [7, 11) is 0. The first kappa shape index (κ1) is 17.3. The zero-order valence-corrected chi connectivity index (χ0v) is 15.3. The van der Waals surface area contributed by atoms with Gasteiger partial charge in [-0.3, -0.25) is 14.7 Å². The van der Waals surface area contributed by atoms with E-state index in [1.165, 1.54) is 10.7 Å². The molecule has 0 bridgehead atoms. The summed E-state index contributed by atoms with van der Waals surface area (Å²) in [6, 6.07) is 5.06. The molecule has 27 heavy (non-hydrogen) atoms. The van der Waals surface area contributed by atoms with Gasteiger partial charge in [-0.05, 0) is 19.1 Å². The molecule has 0 aliphatic carbocycles. The second kappa shape index (κ2) is 7.67. The van der Waals surface area contributed by atoms with Crippen LogP contribution in [0.4, 0.5) is 5.82 Å². The van der Waals surface area contributed by atoms with Crippen LogP contribution in [0.5, 0.6) is 0 Å². The number of nitrogens with zero attached hydrogens (tertiary/aromatic N) is 8. The molecular weight excluding hydrogens is 344 g/mol. The van der Waals surface area contributed by atoms with Gasteiger partial charge in [-0.15, -0.1) is 5.10 Å². The fourth-order valence-corrected chi connectivity index (χ4v) is 3.11. The molecule has 0 saturated carbocycles. The zero-order valence-electron chi connectivity index (χ0n) is 15.3. The predicted octanol–water partition coefficient (Wildman–Crippen LogP) is 0.350. The minimum Gasteiger partial charge on any atom is -0.353 e. The molecule has 0 amide bonds. The Kier molecular flexibility index (Phi) is 4.93. The van der Waals surface area contributed by atoms with Gasteiger partial charge in [-0.25, -0.2) is 14.3 Å². The molecule has 9 heteroatoms. The van der Waals surface area contributed by atoms with Gasteiger partial charge in [0, 0.05) is 51.2 Å². The van der Waals surface area contributed by atoms with Crippen molar-refractivity contribution < 1.29 is 0 Å². The lowest BCUT2D eigenvalue weighted by molar-refractivity contribution is 0.242. The lowest BCUT2D eigenvalue weighted by atomic mass is 10.3. The van der Waals surface area contributed by atoms with E-state index in [2.05, 4.69) is 30.0 Å². The van der Waals surface area contributed by atoms with Crippen molar-refractivity contribution in [1.29, 1.82) is 0 Å². The van der Waals surface area contributed by atoms with E-state index in [4.69, 9.17) is 0 Å². The Labute approximate surface area is 156 Å². The van der Waals surface area contributed by atoms with E-state index in [0.717, 1.165) is 44.2 Å². The highest BCUT2D eigenvalue weighted by Gasteiger charge is 2.18. The Morgan fingerprint density at radius 2 is 1.85 bits per heavy atom. The van der Waals surface area contributed by atoms with Gasteiger partial charge in [0.2, 0.25) is 0 Å². The van der Waals surface area contributed by atoms with Gasteiger partial charge in [-0.2, -0.15) is 5.10 Å². The van der Waals surface area contributed by atoms with Crippen molar-refractivity contribution in [1.82, 2.24) is 34.4 Å². The summed E-state index contributed by atoms with van der Waals surface area (Å²) in [6.07, 6.45) is 7.13. The summed E-state index contributed by atoms with van der Waals surface area (Å²) >= 11 is 0. The van der Waals surface area contributed by atoms with Gasteiger partial charge in [-0.1, -0.05) is 0 Å². The van der Waals surface area contributed by atoms with Crippen LogP contribution in [0.2, 0.25) is 0 Å². The lowest BCUT2D eigenvalue weighted by Gasteiger charge is -2.35. The Bertz CT molecular complexity index is 927. The third-order valence-electron chi connectivity index (χ3n) is 4.68. The molecule has 4 rings (SSSR count). The Hall–Kier alpha value is -3.07. The van der Waals surface area contributed by atoms with Crippen LogP contribution in [0.25, 0.3) is 5.82 Å². The third-order valence-corrected chi connectivity index (χ3v) is 4.68. The smallest absolute Gasteiger partial charge is 0.266 e. The second-order valence-corrected chi connectivity index (χ2v) is 6.55. The van der Waals surface area contributed by atoms with Gasteiger partial charge in [0.1, 0.15) is 5.82 Å². The molecule has 9 nitrogen and oxygen atoms in total. The highest BCUT2D eigenvalue weighted by molar-refractivity contribution is 5.36. The summed E-state index contributed by atoms with van der Waals surface area (Å²) in [5, 5.41) is 8.58. The largest absolute Gasteiger partial charge is 0.353 e. The van der Waals surface area contributed by atoms with E-state index < -0.39 is 0 Å². The zero-order chi connectivity index (χ0) is 18.6. The molecule has 0 spiro atoms. The SMILES string of the molecule is Cc1cnc(N2CCN(CCn3nc(-n4cccn4)ccc3=O)CC2)cn1. The number of anilines is 1. The first-order valence-corrected chi connectivity index (χ1v) is 9.03. The van der Waals surface area contributed by atoms with Gasteiger partial charge in [0.05, 0.1) is 24.6 Å². The lowest BCUT2D eigenvalue weighted by Crippen LogP contribution is -2.48. The molecule has 0 unspecified atom stereocenters. The molecule has 3 aromatic heterocycles. The summed E-state index contributed by atoms with van der Waals surface area (Å²) in [5.74, 6) is 1.56. The van der Waals surface area contributed by atoms with Crippen LogP contribution in [-0.4, -0.2) is 67.2 Å².